The number of sulfonamides is 1. The fraction of sp³-hybridized carbons (Fsp3) is 0.462. The monoisotopic (exact) mass is 297 g/mol. The molecule has 0 heterocycles. The number of hydrogen-bond donors (Lipinski definition) is 3. The maximum atomic E-state index is 11.8. The highest BCUT2D eigenvalue weighted by molar-refractivity contribution is 7.90. The third kappa shape index (κ3) is 3.49. The van der Waals surface area contributed by atoms with Crippen molar-refractivity contribution in [3.63, 3.8) is 0 Å². The Labute approximate surface area is 118 Å². The number of nitrogen functional groups attached to an aromatic ring is 1. The summed E-state index contributed by atoms with van der Waals surface area (Å²) in [4.78, 5) is 11.8. The van der Waals surface area contributed by atoms with E-state index in [1.807, 2.05) is 12.1 Å². The van der Waals surface area contributed by atoms with Crippen molar-refractivity contribution in [2.45, 2.75) is 25.3 Å². The van der Waals surface area contributed by atoms with Crippen LogP contribution in [0.2, 0.25) is 0 Å². The van der Waals surface area contributed by atoms with Crippen LogP contribution < -0.4 is 15.8 Å². The van der Waals surface area contributed by atoms with Crippen LogP contribution in [-0.4, -0.2) is 27.1 Å². The van der Waals surface area contributed by atoms with E-state index in [1.54, 1.807) is 6.07 Å². The van der Waals surface area contributed by atoms with E-state index in [1.165, 1.54) is 7.05 Å². The summed E-state index contributed by atoms with van der Waals surface area (Å²) < 4.78 is 24.8. The molecule has 0 saturated heterocycles. The third-order valence-corrected chi connectivity index (χ3v) is 4.71. The van der Waals surface area contributed by atoms with E-state index in [4.69, 9.17) is 5.73 Å². The number of nitrogens with two attached hydrogens (primary N) is 1. The minimum absolute atomic E-state index is 0.140. The first kappa shape index (κ1) is 14.8. The second-order valence-corrected chi connectivity index (χ2v) is 6.86. The van der Waals surface area contributed by atoms with Crippen LogP contribution in [0.3, 0.4) is 0 Å². The number of rotatable bonds is 4. The molecular formula is C13H19N3O3S. The van der Waals surface area contributed by atoms with Crippen molar-refractivity contribution in [3.8, 4) is 0 Å². The van der Waals surface area contributed by atoms with Crippen LogP contribution in [0.5, 0.6) is 0 Å². The van der Waals surface area contributed by atoms with Crippen LogP contribution in [0.1, 0.15) is 30.0 Å². The van der Waals surface area contributed by atoms with Gasteiger partial charge in [0.15, 0.2) is 0 Å². The maximum absolute atomic E-state index is 11.8. The van der Waals surface area contributed by atoms with Crippen LogP contribution in [0.15, 0.2) is 18.2 Å². The van der Waals surface area contributed by atoms with Crippen molar-refractivity contribution in [2.24, 2.45) is 0 Å². The van der Waals surface area contributed by atoms with Gasteiger partial charge in [0.2, 0.25) is 15.9 Å². The fourth-order valence-electron chi connectivity index (χ4n) is 2.46. The highest BCUT2D eigenvalue weighted by atomic mass is 32.2. The number of fused-ring (bicyclic) bond motifs is 1. The van der Waals surface area contributed by atoms with Crippen molar-refractivity contribution in [1.82, 2.24) is 10.0 Å². The average Bonchev–Trinajstić information content (AvgIpc) is 2.38. The van der Waals surface area contributed by atoms with Gasteiger partial charge in [-0.05, 0) is 49.6 Å². The quantitative estimate of drug-likeness (QED) is 0.696. The number of amides is 1. The predicted octanol–water partition coefficient (Wildman–Crippen LogP) is 0.312. The van der Waals surface area contributed by atoms with Gasteiger partial charge < -0.3 is 11.1 Å². The van der Waals surface area contributed by atoms with E-state index in [0.717, 1.165) is 30.4 Å². The Hall–Kier alpha value is -1.60. The Morgan fingerprint density at radius 1 is 1.45 bits per heavy atom. The Balaban J connectivity index is 2.11. The number of nitrogens with one attached hydrogen (secondary N) is 2. The summed E-state index contributed by atoms with van der Waals surface area (Å²) in [6.07, 6.45) is 2.68. The zero-order valence-corrected chi connectivity index (χ0v) is 12.2. The topological polar surface area (TPSA) is 101 Å². The summed E-state index contributed by atoms with van der Waals surface area (Å²) in [7, 11) is -2.24. The molecule has 1 unspecified atom stereocenters. The maximum Gasteiger partial charge on any atom is 0.237 e. The van der Waals surface area contributed by atoms with Crippen molar-refractivity contribution in [1.29, 1.82) is 0 Å². The van der Waals surface area contributed by atoms with Crippen LogP contribution >= 0.6 is 0 Å². The van der Waals surface area contributed by atoms with Gasteiger partial charge in [-0.2, -0.15) is 0 Å². The van der Waals surface area contributed by atoms with Gasteiger partial charge in [0.1, 0.15) is 5.75 Å². The Morgan fingerprint density at radius 2 is 2.20 bits per heavy atom. The van der Waals surface area contributed by atoms with Crippen molar-refractivity contribution < 1.29 is 13.2 Å². The third-order valence-electron chi connectivity index (χ3n) is 3.45. The smallest absolute Gasteiger partial charge is 0.237 e. The highest BCUT2D eigenvalue weighted by Gasteiger charge is 2.23. The fourth-order valence-corrected chi connectivity index (χ4v) is 3.04. The molecule has 7 heteroatoms. The van der Waals surface area contributed by atoms with E-state index in [0.29, 0.717) is 5.69 Å². The number of anilines is 1. The number of carbonyl (C=O) groups is 1. The molecule has 0 spiro atoms. The lowest BCUT2D eigenvalue weighted by atomic mass is 9.87. The molecule has 1 aliphatic rings. The highest BCUT2D eigenvalue weighted by Crippen LogP contribution is 2.30. The van der Waals surface area contributed by atoms with Crippen LogP contribution in [0.4, 0.5) is 5.69 Å². The molecule has 1 amide bonds. The second-order valence-electron chi connectivity index (χ2n) is 4.93. The molecule has 0 fully saturated rings. The number of carbonyl (C=O) groups excluding carboxylic acids is 1. The normalized spacial score (nSPS) is 18.4. The molecule has 110 valence electrons. The average molecular weight is 297 g/mol. The van der Waals surface area contributed by atoms with Gasteiger partial charge >= 0.3 is 0 Å². The first-order chi connectivity index (χ1) is 9.41. The lowest BCUT2D eigenvalue weighted by Gasteiger charge is -2.26. The molecule has 6 nitrogen and oxygen atoms in total. The van der Waals surface area contributed by atoms with E-state index in [2.05, 4.69) is 10.0 Å². The van der Waals surface area contributed by atoms with Gasteiger partial charge in [-0.25, -0.2) is 13.1 Å². The zero-order valence-electron chi connectivity index (χ0n) is 11.3. The number of hydrogen-bond acceptors (Lipinski definition) is 4. The van der Waals surface area contributed by atoms with E-state index in [9.17, 15) is 13.2 Å². The first-order valence-corrected chi connectivity index (χ1v) is 8.15. The SMILES string of the molecule is CNS(=O)(=O)CC(=O)NC1CCCc2cc(N)ccc21. The molecule has 1 atom stereocenters. The van der Waals surface area contributed by atoms with Gasteiger partial charge in [-0.1, -0.05) is 6.07 Å². The summed E-state index contributed by atoms with van der Waals surface area (Å²) in [6.45, 7) is 0. The van der Waals surface area contributed by atoms with Gasteiger partial charge in [-0.15, -0.1) is 0 Å². The molecule has 1 aromatic rings. The van der Waals surface area contributed by atoms with Gasteiger partial charge in [-0.3, -0.25) is 4.79 Å². The molecule has 2 rings (SSSR count). The molecule has 0 aliphatic heterocycles. The van der Waals surface area contributed by atoms with Crippen LogP contribution in [-0.2, 0) is 21.2 Å². The van der Waals surface area contributed by atoms with Crippen molar-refractivity contribution in [3.05, 3.63) is 29.3 Å². The molecule has 0 saturated carbocycles. The summed E-state index contributed by atoms with van der Waals surface area (Å²) in [5.74, 6) is -1.04. The lowest BCUT2D eigenvalue weighted by molar-refractivity contribution is -0.119. The Bertz CT molecular complexity index is 613. The lowest BCUT2D eigenvalue weighted by Crippen LogP contribution is -2.38. The van der Waals surface area contributed by atoms with Crippen LogP contribution in [0.25, 0.3) is 0 Å². The summed E-state index contributed by atoms with van der Waals surface area (Å²) in [5, 5.41) is 2.79. The summed E-state index contributed by atoms with van der Waals surface area (Å²) in [6, 6.07) is 5.48. The van der Waals surface area contributed by atoms with E-state index in [-0.39, 0.29) is 6.04 Å². The van der Waals surface area contributed by atoms with Crippen LogP contribution in [0, 0.1) is 0 Å². The van der Waals surface area contributed by atoms with Crippen molar-refractivity contribution in [2.75, 3.05) is 18.5 Å². The predicted molar refractivity (Wildman–Crippen MR) is 77.5 cm³/mol. The molecular weight excluding hydrogens is 278 g/mol. The van der Waals surface area contributed by atoms with E-state index < -0.39 is 21.7 Å². The molecule has 20 heavy (non-hydrogen) atoms. The summed E-state index contributed by atoms with van der Waals surface area (Å²) in [5.41, 5.74) is 8.61. The van der Waals surface area contributed by atoms with Gasteiger partial charge in [0, 0.05) is 5.69 Å². The van der Waals surface area contributed by atoms with Gasteiger partial charge in [0.05, 0.1) is 6.04 Å². The molecule has 0 radical (unpaired) electrons. The first-order valence-electron chi connectivity index (χ1n) is 6.50. The number of benzene rings is 1. The molecule has 0 bridgehead atoms. The largest absolute Gasteiger partial charge is 0.399 e. The molecule has 4 N–H and O–H groups in total. The van der Waals surface area contributed by atoms with E-state index >= 15 is 0 Å². The second kappa shape index (κ2) is 5.80. The van der Waals surface area contributed by atoms with Crippen molar-refractivity contribution >= 4 is 21.6 Å². The molecule has 1 aromatic carbocycles. The minimum atomic E-state index is -3.54. The summed E-state index contributed by atoms with van der Waals surface area (Å²) >= 11 is 0. The minimum Gasteiger partial charge on any atom is -0.399 e. The molecule has 1 aliphatic carbocycles. The Morgan fingerprint density at radius 3 is 2.90 bits per heavy atom. The van der Waals surface area contributed by atoms with Gasteiger partial charge in [0.25, 0.3) is 0 Å². The Kier molecular flexibility index (Phi) is 4.29. The molecule has 0 aromatic heterocycles. The zero-order chi connectivity index (χ0) is 14.8. The standard InChI is InChI=1S/C13H19N3O3S/c1-15-20(18,19)8-13(17)16-12-4-2-3-9-7-10(14)5-6-11(9)12/h5-7,12,15H,2-4,8,14H2,1H3,(H,16,17). The number of aryl methyl sites for hydroxylation is 1.